The first kappa shape index (κ1) is 23.1. The second-order valence-electron chi connectivity index (χ2n) is 9.64. The number of nitrogens with zero attached hydrogens (tertiary/aromatic N) is 5. The number of benzene rings is 4. The molecule has 0 amide bonds. The lowest BCUT2D eigenvalue weighted by molar-refractivity contribution is 0.421. The molecule has 0 saturated heterocycles. The van der Waals surface area contributed by atoms with Crippen LogP contribution in [0.25, 0.3) is 61.6 Å². The summed E-state index contributed by atoms with van der Waals surface area (Å²) in [4.78, 5) is 18.7. The van der Waals surface area contributed by atoms with E-state index in [9.17, 15) is 0 Å². The summed E-state index contributed by atoms with van der Waals surface area (Å²) in [5, 5.41) is 0.923. The molecule has 0 aliphatic heterocycles. The largest absolute Gasteiger partial charge is 0.457 e. The van der Waals surface area contributed by atoms with Gasteiger partial charge in [-0.05, 0) is 54.1 Å². The van der Waals surface area contributed by atoms with E-state index in [1.807, 2.05) is 91.0 Å². The zero-order valence-corrected chi connectivity index (χ0v) is 21.7. The Hall–Kier alpha value is -5.82. The van der Waals surface area contributed by atoms with Crippen molar-refractivity contribution in [3.8, 4) is 45.1 Å². The second kappa shape index (κ2) is 9.43. The molecule has 0 bridgehead atoms. The molecular formula is C34H21N5O2. The maximum Gasteiger partial charge on any atom is 0.216 e. The van der Waals surface area contributed by atoms with Crippen LogP contribution in [-0.2, 0) is 0 Å². The standard InChI is InChI=1S/C34H21N5O2/c1-2-9-22(10-3-1)26-17-16-24(28-14-6-7-18-35-28)20-31(26)40-25-12-8-11-23(19-25)29-21-36-34-32(37-29)38-33-27-13-4-5-15-30(27)41-39(33)34/h1-21H. The van der Waals surface area contributed by atoms with Gasteiger partial charge in [-0.3, -0.25) is 4.98 Å². The van der Waals surface area contributed by atoms with Crippen molar-refractivity contribution in [3.63, 3.8) is 0 Å². The molecule has 0 radical (unpaired) electrons. The summed E-state index contributed by atoms with van der Waals surface area (Å²) < 4.78 is 14.1. The van der Waals surface area contributed by atoms with Crippen molar-refractivity contribution in [2.75, 3.05) is 0 Å². The lowest BCUT2D eigenvalue weighted by atomic mass is 10.0. The highest BCUT2D eigenvalue weighted by atomic mass is 16.5. The highest BCUT2D eigenvalue weighted by molar-refractivity contribution is 5.94. The first-order valence-corrected chi connectivity index (χ1v) is 13.2. The summed E-state index contributed by atoms with van der Waals surface area (Å²) in [6.07, 6.45) is 3.53. The summed E-state index contributed by atoms with van der Waals surface area (Å²) in [5.74, 6) is 1.42. The number of fused-ring (bicyclic) bond motifs is 5. The van der Waals surface area contributed by atoms with Crippen LogP contribution in [0.3, 0.4) is 0 Å². The van der Waals surface area contributed by atoms with Gasteiger partial charge in [-0.1, -0.05) is 66.7 Å². The molecule has 7 nitrogen and oxygen atoms in total. The van der Waals surface area contributed by atoms with Gasteiger partial charge in [-0.15, -0.1) is 4.57 Å². The smallest absolute Gasteiger partial charge is 0.216 e. The number of hydrogen-bond donors (Lipinski definition) is 0. The maximum absolute atomic E-state index is 6.55. The minimum atomic E-state index is 0.521. The molecule has 0 atom stereocenters. The highest BCUT2D eigenvalue weighted by Gasteiger charge is 2.16. The Labute approximate surface area is 234 Å². The van der Waals surface area contributed by atoms with Gasteiger partial charge in [0.05, 0.1) is 23.0 Å². The first-order valence-electron chi connectivity index (χ1n) is 13.2. The van der Waals surface area contributed by atoms with Crippen LogP contribution in [0.1, 0.15) is 0 Å². The molecule has 0 aliphatic rings. The predicted molar refractivity (Wildman–Crippen MR) is 159 cm³/mol. The number of ether oxygens (including phenoxy) is 1. The predicted octanol–water partition coefficient (Wildman–Crippen LogP) is 8.21. The van der Waals surface area contributed by atoms with E-state index in [1.54, 1.807) is 17.0 Å². The van der Waals surface area contributed by atoms with Gasteiger partial charge < -0.3 is 9.26 Å². The molecule has 0 fully saturated rings. The van der Waals surface area contributed by atoms with Crippen molar-refractivity contribution in [3.05, 3.63) is 128 Å². The summed E-state index contributed by atoms with van der Waals surface area (Å²) in [6, 6.07) is 37.9. The average Bonchev–Trinajstić information content (AvgIpc) is 3.58. The average molecular weight is 532 g/mol. The van der Waals surface area contributed by atoms with E-state index in [-0.39, 0.29) is 0 Å². The van der Waals surface area contributed by atoms with E-state index in [4.69, 9.17) is 19.2 Å². The van der Waals surface area contributed by atoms with Gasteiger partial charge in [0.15, 0.2) is 11.2 Å². The molecule has 4 aromatic carbocycles. The monoisotopic (exact) mass is 531 g/mol. The summed E-state index contributed by atoms with van der Waals surface area (Å²) in [5.41, 5.74) is 8.03. The second-order valence-corrected chi connectivity index (χ2v) is 9.64. The third kappa shape index (κ3) is 4.08. The van der Waals surface area contributed by atoms with E-state index in [1.165, 1.54) is 0 Å². The van der Waals surface area contributed by atoms with Crippen molar-refractivity contribution >= 4 is 27.9 Å². The minimum absolute atomic E-state index is 0.521. The third-order valence-electron chi connectivity index (χ3n) is 7.03. The molecule has 0 spiro atoms. The molecule has 194 valence electrons. The minimum Gasteiger partial charge on any atom is -0.457 e. The van der Waals surface area contributed by atoms with Gasteiger partial charge in [-0.2, -0.15) is 0 Å². The van der Waals surface area contributed by atoms with Crippen molar-refractivity contribution < 1.29 is 9.26 Å². The lowest BCUT2D eigenvalue weighted by Gasteiger charge is -2.14. The summed E-state index contributed by atoms with van der Waals surface area (Å²) in [7, 11) is 0. The van der Waals surface area contributed by atoms with Crippen LogP contribution in [0.15, 0.2) is 132 Å². The van der Waals surface area contributed by atoms with Crippen LogP contribution >= 0.6 is 0 Å². The number of aromatic nitrogens is 5. The van der Waals surface area contributed by atoms with Crippen molar-refractivity contribution in [1.82, 2.24) is 24.5 Å². The van der Waals surface area contributed by atoms with Crippen LogP contribution in [0, 0.1) is 0 Å². The zero-order chi connectivity index (χ0) is 27.2. The molecular weight excluding hydrogens is 510 g/mol. The lowest BCUT2D eigenvalue weighted by Crippen LogP contribution is -1.92. The van der Waals surface area contributed by atoms with Gasteiger partial charge in [0.1, 0.15) is 11.5 Å². The van der Waals surface area contributed by atoms with Gasteiger partial charge in [-0.25, -0.2) is 15.0 Å². The van der Waals surface area contributed by atoms with Gasteiger partial charge in [0.25, 0.3) is 0 Å². The zero-order valence-electron chi connectivity index (χ0n) is 21.7. The molecule has 8 rings (SSSR count). The van der Waals surface area contributed by atoms with Crippen molar-refractivity contribution in [1.29, 1.82) is 0 Å². The fourth-order valence-corrected chi connectivity index (χ4v) is 5.06. The van der Waals surface area contributed by atoms with Crippen molar-refractivity contribution in [2.45, 2.75) is 0 Å². The maximum atomic E-state index is 6.55. The Kier molecular flexibility index (Phi) is 5.31. The van der Waals surface area contributed by atoms with E-state index >= 15 is 0 Å². The summed E-state index contributed by atoms with van der Waals surface area (Å²) in [6.45, 7) is 0. The Bertz CT molecular complexity index is 2190. The molecule has 7 heteroatoms. The Morgan fingerprint density at radius 1 is 0.610 bits per heavy atom. The normalized spacial score (nSPS) is 11.4. The quantitative estimate of drug-likeness (QED) is 0.223. The van der Waals surface area contributed by atoms with E-state index in [2.05, 4.69) is 34.2 Å². The topological polar surface area (TPSA) is 78.3 Å². The van der Waals surface area contributed by atoms with Gasteiger partial charge >= 0.3 is 0 Å². The van der Waals surface area contributed by atoms with Crippen LogP contribution in [0.4, 0.5) is 0 Å². The van der Waals surface area contributed by atoms with Gasteiger partial charge in [0, 0.05) is 22.9 Å². The van der Waals surface area contributed by atoms with Crippen molar-refractivity contribution in [2.24, 2.45) is 0 Å². The Balaban J connectivity index is 1.18. The summed E-state index contributed by atoms with van der Waals surface area (Å²) >= 11 is 0. The van der Waals surface area contributed by atoms with Crippen LogP contribution in [0.2, 0.25) is 0 Å². The molecule has 0 saturated carbocycles. The molecule has 4 aromatic heterocycles. The third-order valence-corrected chi connectivity index (χ3v) is 7.03. The molecule has 0 unspecified atom stereocenters. The highest BCUT2D eigenvalue weighted by Crippen LogP contribution is 2.37. The Morgan fingerprint density at radius 2 is 1.44 bits per heavy atom. The number of rotatable bonds is 5. The molecule has 8 aromatic rings. The Morgan fingerprint density at radius 3 is 2.34 bits per heavy atom. The van der Waals surface area contributed by atoms with Crippen LogP contribution in [-0.4, -0.2) is 24.5 Å². The number of imidazole rings is 1. The number of para-hydroxylation sites is 1. The van der Waals surface area contributed by atoms with E-state index in [0.717, 1.165) is 44.7 Å². The van der Waals surface area contributed by atoms with Gasteiger partial charge in [0.2, 0.25) is 11.3 Å². The number of hydrogen-bond acceptors (Lipinski definition) is 6. The van der Waals surface area contributed by atoms with Crippen LogP contribution in [0.5, 0.6) is 11.5 Å². The molecule has 0 N–H and O–H groups in total. The fraction of sp³-hybridized carbons (Fsp3) is 0. The fourth-order valence-electron chi connectivity index (χ4n) is 5.06. The van der Waals surface area contributed by atoms with E-state index in [0.29, 0.717) is 28.4 Å². The SMILES string of the molecule is c1ccc(-c2ccc(-c3ccccn3)cc2Oc2cccc(-c3cnc4c(n3)nc3c5ccccc5on43)c2)cc1. The molecule has 0 aliphatic carbocycles. The molecule has 41 heavy (non-hydrogen) atoms. The first-order chi connectivity index (χ1) is 20.3. The molecule has 4 heterocycles. The number of pyridine rings is 1. The van der Waals surface area contributed by atoms with Crippen LogP contribution < -0.4 is 4.74 Å². The van der Waals surface area contributed by atoms with E-state index < -0.39 is 0 Å².